The zero-order valence-electron chi connectivity index (χ0n) is 12.3. The largest absolute Gasteiger partial charge is 0.317 e. The molecule has 0 saturated heterocycles. The molecule has 6 nitrogen and oxygen atoms in total. The van der Waals surface area contributed by atoms with E-state index >= 15 is 0 Å². The van der Waals surface area contributed by atoms with Gasteiger partial charge in [-0.05, 0) is 51.8 Å². The smallest absolute Gasteiger partial charge is 0.173 e. The summed E-state index contributed by atoms with van der Waals surface area (Å²) >= 11 is 3.62. The van der Waals surface area contributed by atoms with Crippen molar-refractivity contribution in [3.63, 3.8) is 0 Å². The Morgan fingerprint density at radius 3 is 2.83 bits per heavy atom. The number of pyridine rings is 1. The molecule has 4 rings (SSSR count). The van der Waals surface area contributed by atoms with Gasteiger partial charge in [0.05, 0.1) is 17.6 Å². The highest BCUT2D eigenvalue weighted by Crippen LogP contribution is 2.30. The Kier molecular flexibility index (Phi) is 3.42. The Hall–Kier alpha value is -2.54. The number of aromatic nitrogens is 5. The first kappa shape index (κ1) is 14.1. The van der Waals surface area contributed by atoms with Crippen LogP contribution in [-0.4, -0.2) is 24.8 Å². The number of hydrogen-bond donors (Lipinski definition) is 0. The zero-order chi connectivity index (χ0) is 15.8. The van der Waals surface area contributed by atoms with E-state index in [1.807, 2.05) is 43.5 Å². The van der Waals surface area contributed by atoms with Crippen molar-refractivity contribution in [1.29, 1.82) is 0 Å². The van der Waals surface area contributed by atoms with E-state index in [1.54, 1.807) is 6.20 Å². The number of halogens is 1. The molecule has 0 aliphatic carbocycles. The third-order valence-corrected chi connectivity index (χ3v) is 4.29. The van der Waals surface area contributed by atoms with Crippen LogP contribution >= 0.6 is 15.9 Å². The van der Waals surface area contributed by atoms with Crippen LogP contribution in [0.1, 0.15) is 11.3 Å². The summed E-state index contributed by atoms with van der Waals surface area (Å²) in [5, 5.41) is 7.88. The number of nitrogens with zero attached hydrogens (tertiary/aromatic N) is 5. The first-order valence-electron chi connectivity index (χ1n) is 7.07. The molecule has 0 amide bonds. The molecule has 7 heteroatoms. The highest BCUT2D eigenvalue weighted by atomic mass is 79.9. The number of rotatable bonds is 3. The van der Waals surface area contributed by atoms with Gasteiger partial charge in [-0.3, -0.25) is 4.98 Å². The van der Waals surface area contributed by atoms with E-state index in [-0.39, 0.29) is 0 Å². The minimum atomic E-state index is 0.634. The molecule has 114 valence electrons. The number of hydrogen-bond acceptors (Lipinski definition) is 5. The molecule has 0 radical (unpaired) electrons. The van der Waals surface area contributed by atoms with Crippen LogP contribution in [0.5, 0.6) is 0 Å². The van der Waals surface area contributed by atoms with Crippen LogP contribution in [0.3, 0.4) is 0 Å². The van der Waals surface area contributed by atoms with Crippen molar-refractivity contribution in [2.75, 3.05) is 0 Å². The van der Waals surface area contributed by atoms with E-state index in [9.17, 15) is 0 Å². The van der Waals surface area contributed by atoms with Crippen LogP contribution in [0.4, 0.5) is 0 Å². The standard InChI is InChI=1S/C16H12BrN5O/c1-10-14(21-23-20-10)16-19-13-6-2-5-12(17)15(13)22(16)9-11-4-3-7-18-8-11/h2-8H,9H2,1H3. The Bertz CT molecular complexity index is 977. The second-order valence-corrected chi connectivity index (χ2v) is 6.04. The SMILES string of the molecule is Cc1nonc1-c1nc2cccc(Br)c2n1Cc1cccnc1. The summed E-state index contributed by atoms with van der Waals surface area (Å²) in [5.74, 6) is 0.731. The minimum Gasteiger partial charge on any atom is -0.317 e. The summed E-state index contributed by atoms with van der Waals surface area (Å²) in [6.07, 6.45) is 3.61. The van der Waals surface area contributed by atoms with Gasteiger partial charge >= 0.3 is 0 Å². The van der Waals surface area contributed by atoms with Crippen molar-refractivity contribution < 1.29 is 4.63 Å². The second-order valence-electron chi connectivity index (χ2n) is 5.19. The van der Waals surface area contributed by atoms with Crippen molar-refractivity contribution in [3.05, 3.63) is 58.5 Å². The molecule has 23 heavy (non-hydrogen) atoms. The second kappa shape index (κ2) is 5.58. The highest BCUT2D eigenvalue weighted by molar-refractivity contribution is 9.10. The van der Waals surface area contributed by atoms with Crippen LogP contribution in [0.25, 0.3) is 22.6 Å². The summed E-state index contributed by atoms with van der Waals surface area (Å²) in [7, 11) is 0. The fraction of sp³-hybridized carbons (Fsp3) is 0.125. The average molecular weight is 370 g/mol. The molecule has 0 saturated carbocycles. The van der Waals surface area contributed by atoms with Gasteiger partial charge in [-0.25, -0.2) is 9.61 Å². The van der Waals surface area contributed by atoms with Crippen LogP contribution in [0.15, 0.2) is 51.8 Å². The Morgan fingerprint density at radius 2 is 2.09 bits per heavy atom. The van der Waals surface area contributed by atoms with Gasteiger partial charge in [0.1, 0.15) is 5.69 Å². The van der Waals surface area contributed by atoms with Crippen LogP contribution in [0, 0.1) is 6.92 Å². The highest BCUT2D eigenvalue weighted by Gasteiger charge is 2.19. The predicted molar refractivity (Wildman–Crippen MR) is 88.8 cm³/mol. The van der Waals surface area contributed by atoms with E-state index in [0.29, 0.717) is 17.9 Å². The Balaban J connectivity index is 1.97. The molecule has 0 unspecified atom stereocenters. The van der Waals surface area contributed by atoms with Crippen molar-refractivity contribution in [1.82, 2.24) is 24.8 Å². The van der Waals surface area contributed by atoms with Gasteiger partial charge in [0.2, 0.25) is 0 Å². The van der Waals surface area contributed by atoms with Crippen molar-refractivity contribution in [2.45, 2.75) is 13.5 Å². The number of imidazole rings is 1. The van der Waals surface area contributed by atoms with E-state index in [0.717, 1.165) is 26.9 Å². The maximum absolute atomic E-state index is 4.85. The molecule has 0 aliphatic heterocycles. The van der Waals surface area contributed by atoms with Crippen LogP contribution < -0.4 is 0 Å². The van der Waals surface area contributed by atoms with Crippen LogP contribution in [0.2, 0.25) is 0 Å². The zero-order valence-corrected chi connectivity index (χ0v) is 13.9. The summed E-state index contributed by atoms with van der Waals surface area (Å²) in [4.78, 5) is 8.91. The predicted octanol–water partition coefficient (Wildman–Crippen LogP) is 3.60. The minimum absolute atomic E-state index is 0.634. The molecule has 0 aliphatic rings. The molecule has 0 spiro atoms. The first-order valence-corrected chi connectivity index (χ1v) is 7.86. The lowest BCUT2D eigenvalue weighted by atomic mass is 10.2. The molecular weight excluding hydrogens is 358 g/mol. The molecular formula is C16H12BrN5O. The monoisotopic (exact) mass is 369 g/mol. The van der Waals surface area contributed by atoms with E-state index in [1.165, 1.54) is 0 Å². The first-order chi connectivity index (χ1) is 11.2. The van der Waals surface area contributed by atoms with Crippen molar-refractivity contribution in [3.8, 4) is 11.5 Å². The Labute approximate surface area is 140 Å². The molecule has 0 N–H and O–H groups in total. The molecule has 1 aromatic carbocycles. The quantitative estimate of drug-likeness (QED) is 0.551. The summed E-state index contributed by atoms with van der Waals surface area (Å²) in [6.45, 7) is 2.49. The van der Waals surface area contributed by atoms with Gasteiger partial charge in [-0.15, -0.1) is 0 Å². The van der Waals surface area contributed by atoms with Gasteiger partial charge in [0.25, 0.3) is 0 Å². The van der Waals surface area contributed by atoms with Crippen molar-refractivity contribution in [2.24, 2.45) is 0 Å². The van der Waals surface area contributed by atoms with E-state index in [2.05, 4.69) is 35.8 Å². The molecule has 3 heterocycles. The maximum Gasteiger partial charge on any atom is 0.173 e. The van der Waals surface area contributed by atoms with E-state index < -0.39 is 0 Å². The lowest BCUT2D eigenvalue weighted by Crippen LogP contribution is -2.03. The topological polar surface area (TPSA) is 69.6 Å². The molecule has 0 fully saturated rings. The number of para-hydroxylation sites is 1. The number of aryl methyl sites for hydroxylation is 1. The van der Waals surface area contributed by atoms with Gasteiger partial charge < -0.3 is 4.57 Å². The number of benzene rings is 1. The summed E-state index contributed by atoms with van der Waals surface area (Å²) in [5.41, 5.74) is 4.34. The molecule has 0 atom stereocenters. The average Bonchev–Trinajstić information content (AvgIpc) is 3.13. The molecule has 4 aromatic rings. The van der Waals surface area contributed by atoms with Crippen LogP contribution in [-0.2, 0) is 6.54 Å². The summed E-state index contributed by atoms with van der Waals surface area (Å²) < 4.78 is 7.93. The molecule has 0 bridgehead atoms. The maximum atomic E-state index is 4.85. The van der Waals surface area contributed by atoms with Gasteiger partial charge in [-0.1, -0.05) is 17.3 Å². The normalized spacial score (nSPS) is 11.2. The fourth-order valence-corrected chi connectivity index (χ4v) is 3.15. The van der Waals surface area contributed by atoms with Gasteiger partial charge in [0.15, 0.2) is 11.5 Å². The van der Waals surface area contributed by atoms with E-state index in [4.69, 9.17) is 9.61 Å². The van der Waals surface area contributed by atoms with Crippen molar-refractivity contribution >= 4 is 27.0 Å². The molecule has 3 aromatic heterocycles. The van der Waals surface area contributed by atoms with Gasteiger partial charge in [-0.2, -0.15) is 0 Å². The van der Waals surface area contributed by atoms with Gasteiger partial charge in [0, 0.05) is 16.9 Å². The Morgan fingerprint density at radius 1 is 1.17 bits per heavy atom. The fourth-order valence-electron chi connectivity index (χ4n) is 2.59. The number of fused-ring (bicyclic) bond motifs is 1. The summed E-state index contributed by atoms with van der Waals surface area (Å²) in [6, 6.07) is 9.90. The third-order valence-electron chi connectivity index (χ3n) is 3.65. The lowest BCUT2D eigenvalue weighted by Gasteiger charge is -2.08. The third kappa shape index (κ3) is 2.43. The lowest BCUT2D eigenvalue weighted by molar-refractivity contribution is 0.305.